The zero-order chi connectivity index (χ0) is 11.5. The summed E-state index contributed by atoms with van der Waals surface area (Å²) >= 11 is 1.46. The summed E-state index contributed by atoms with van der Waals surface area (Å²) in [7, 11) is 0. The zero-order valence-corrected chi connectivity index (χ0v) is 9.82. The summed E-state index contributed by atoms with van der Waals surface area (Å²) in [6.07, 6.45) is 5.49. The molecular weight excluding hydrogens is 224 g/mol. The number of hydrazine groups is 1. The molecule has 0 spiro atoms. The highest BCUT2D eigenvalue weighted by atomic mass is 32.2. The summed E-state index contributed by atoms with van der Waals surface area (Å²) < 4.78 is 1.88. The number of hydrogen-bond donors (Lipinski definition) is 2. The number of aryl methyl sites for hydroxylation is 1. The molecule has 84 valence electrons. The maximum Gasteiger partial charge on any atom is 0.191 e. The molecule has 2 rings (SSSR count). The fourth-order valence-electron chi connectivity index (χ4n) is 1.32. The van der Waals surface area contributed by atoms with E-state index in [2.05, 4.69) is 20.4 Å². The molecule has 0 aliphatic rings. The quantitative estimate of drug-likeness (QED) is 0.358. The Hall–Kier alpha value is -1.60. The molecule has 0 aromatic carbocycles. The highest BCUT2D eigenvalue weighted by molar-refractivity contribution is 7.98. The molecule has 2 aromatic heterocycles. The second-order valence-corrected chi connectivity index (χ2v) is 3.86. The number of thioether (sulfide) groups is 1. The van der Waals surface area contributed by atoms with Gasteiger partial charge in [-0.1, -0.05) is 11.8 Å². The van der Waals surface area contributed by atoms with Crippen LogP contribution in [0, 0.1) is 6.92 Å². The van der Waals surface area contributed by atoms with E-state index in [0.717, 1.165) is 11.6 Å². The van der Waals surface area contributed by atoms with Crippen LogP contribution < -0.4 is 11.3 Å². The molecule has 3 N–H and O–H groups in total. The van der Waals surface area contributed by atoms with Crippen molar-refractivity contribution < 1.29 is 0 Å². The van der Waals surface area contributed by atoms with Crippen LogP contribution in [-0.2, 0) is 0 Å². The first kappa shape index (κ1) is 10.9. The van der Waals surface area contributed by atoms with E-state index in [1.165, 1.54) is 11.8 Å². The SMILES string of the molecule is CSc1nc(NN)cc(-n2ccnc2C)n1. The van der Waals surface area contributed by atoms with Crippen molar-refractivity contribution in [3.8, 4) is 5.82 Å². The molecule has 2 aromatic rings. The van der Waals surface area contributed by atoms with Gasteiger partial charge < -0.3 is 5.43 Å². The van der Waals surface area contributed by atoms with Crippen molar-refractivity contribution >= 4 is 17.6 Å². The summed E-state index contributed by atoms with van der Waals surface area (Å²) in [6.45, 7) is 1.91. The summed E-state index contributed by atoms with van der Waals surface area (Å²) in [4.78, 5) is 12.7. The Morgan fingerprint density at radius 2 is 2.25 bits per heavy atom. The van der Waals surface area contributed by atoms with Gasteiger partial charge in [0.05, 0.1) is 0 Å². The zero-order valence-electron chi connectivity index (χ0n) is 9.01. The lowest BCUT2D eigenvalue weighted by Gasteiger charge is -2.07. The third-order valence-electron chi connectivity index (χ3n) is 2.10. The fraction of sp³-hybridized carbons (Fsp3) is 0.222. The van der Waals surface area contributed by atoms with Crippen LogP contribution in [0.2, 0.25) is 0 Å². The van der Waals surface area contributed by atoms with Gasteiger partial charge in [0.2, 0.25) is 0 Å². The van der Waals surface area contributed by atoms with Crippen LogP contribution in [-0.4, -0.2) is 25.8 Å². The van der Waals surface area contributed by atoms with Crippen LogP contribution in [0.5, 0.6) is 0 Å². The molecule has 6 nitrogen and oxygen atoms in total. The van der Waals surface area contributed by atoms with Crippen LogP contribution in [0.25, 0.3) is 5.82 Å². The first-order valence-electron chi connectivity index (χ1n) is 4.64. The van der Waals surface area contributed by atoms with Gasteiger partial charge in [-0.05, 0) is 13.2 Å². The molecule has 0 unspecified atom stereocenters. The van der Waals surface area contributed by atoms with E-state index in [9.17, 15) is 0 Å². The number of nitrogen functional groups attached to an aromatic ring is 1. The fourth-order valence-corrected chi connectivity index (χ4v) is 1.70. The summed E-state index contributed by atoms with van der Waals surface area (Å²) in [5.41, 5.74) is 2.53. The lowest BCUT2D eigenvalue weighted by atomic mass is 10.5. The minimum atomic E-state index is 0.586. The molecule has 7 heteroatoms. The van der Waals surface area contributed by atoms with Crippen molar-refractivity contribution in [3.05, 3.63) is 24.3 Å². The number of aromatic nitrogens is 4. The van der Waals surface area contributed by atoms with Crippen LogP contribution >= 0.6 is 11.8 Å². The van der Waals surface area contributed by atoms with E-state index < -0.39 is 0 Å². The van der Waals surface area contributed by atoms with Crippen molar-refractivity contribution in [2.24, 2.45) is 5.84 Å². The van der Waals surface area contributed by atoms with Gasteiger partial charge >= 0.3 is 0 Å². The third-order valence-corrected chi connectivity index (χ3v) is 2.64. The maximum atomic E-state index is 5.36. The van der Waals surface area contributed by atoms with E-state index in [0.29, 0.717) is 11.0 Å². The number of rotatable bonds is 3. The summed E-state index contributed by atoms with van der Waals surface area (Å²) in [6, 6.07) is 1.77. The van der Waals surface area contributed by atoms with Crippen molar-refractivity contribution in [1.82, 2.24) is 19.5 Å². The molecule has 0 bridgehead atoms. The number of nitrogens with two attached hydrogens (primary N) is 1. The molecule has 0 saturated carbocycles. The van der Waals surface area contributed by atoms with Crippen LogP contribution in [0.15, 0.2) is 23.6 Å². The minimum absolute atomic E-state index is 0.586. The Labute approximate surface area is 97.3 Å². The van der Waals surface area contributed by atoms with Gasteiger partial charge in [0, 0.05) is 18.5 Å². The van der Waals surface area contributed by atoms with Gasteiger partial charge in [-0.15, -0.1) is 0 Å². The molecular formula is C9H12N6S. The molecule has 0 fully saturated rings. The van der Waals surface area contributed by atoms with Gasteiger partial charge in [0.1, 0.15) is 17.5 Å². The predicted octanol–water partition coefficient (Wildman–Crippen LogP) is 0.978. The number of hydrogen-bond acceptors (Lipinski definition) is 6. The van der Waals surface area contributed by atoms with Gasteiger partial charge in [0.15, 0.2) is 5.16 Å². The molecule has 0 aliphatic heterocycles. The molecule has 0 radical (unpaired) electrons. The smallest absolute Gasteiger partial charge is 0.191 e. The van der Waals surface area contributed by atoms with Gasteiger partial charge in [-0.3, -0.25) is 4.57 Å². The Kier molecular flexibility index (Phi) is 3.07. The lowest BCUT2D eigenvalue weighted by Crippen LogP contribution is -2.11. The number of anilines is 1. The first-order chi connectivity index (χ1) is 7.74. The molecule has 0 saturated heterocycles. The largest absolute Gasteiger partial charge is 0.308 e. The van der Waals surface area contributed by atoms with Crippen molar-refractivity contribution in [2.75, 3.05) is 11.7 Å². The van der Waals surface area contributed by atoms with E-state index >= 15 is 0 Å². The third kappa shape index (κ3) is 2.00. The Balaban J connectivity index is 2.52. The topological polar surface area (TPSA) is 81.6 Å². The second-order valence-electron chi connectivity index (χ2n) is 3.09. The highest BCUT2D eigenvalue weighted by Crippen LogP contribution is 2.16. The van der Waals surface area contributed by atoms with Gasteiger partial charge in [-0.25, -0.2) is 20.8 Å². The first-order valence-corrected chi connectivity index (χ1v) is 5.87. The molecule has 0 amide bonds. The number of nitrogens with zero attached hydrogens (tertiary/aromatic N) is 4. The maximum absolute atomic E-state index is 5.36. The molecule has 0 atom stereocenters. The van der Waals surface area contributed by atoms with Crippen molar-refractivity contribution in [2.45, 2.75) is 12.1 Å². The summed E-state index contributed by atoms with van der Waals surface area (Å²) in [5.74, 6) is 7.57. The number of imidazole rings is 1. The van der Waals surface area contributed by atoms with Crippen molar-refractivity contribution in [3.63, 3.8) is 0 Å². The lowest BCUT2D eigenvalue weighted by molar-refractivity contribution is 0.865. The highest BCUT2D eigenvalue weighted by Gasteiger charge is 2.06. The average molecular weight is 236 g/mol. The van der Waals surface area contributed by atoms with Crippen LogP contribution in [0.3, 0.4) is 0 Å². The Bertz CT molecular complexity index is 472. The van der Waals surface area contributed by atoms with Gasteiger partial charge in [0.25, 0.3) is 0 Å². The molecule has 2 heterocycles. The standard InChI is InChI=1S/C9H12N6S/c1-6-11-3-4-15(6)8-5-7(14-10)12-9(13-8)16-2/h3-5H,10H2,1-2H3,(H,12,13,14). The predicted molar refractivity (Wildman–Crippen MR) is 63.5 cm³/mol. The van der Waals surface area contributed by atoms with Crippen LogP contribution in [0.4, 0.5) is 5.82 Å². The minimum Gasteiger partial charge on any atom is -0.308 e. The summed E-state index contributed by atoms with van der Waals surface area (Å²) in [5, 5.41) is 0.665. The molecule has 16 heavy (non-hydrogen) atoms. The van der Waals surface area contributed by atoms with Crippen molar-refractivity contribution in [1.29, 1.82) is 0 Å². The monoisotopic (exact) mass is 236 g/mol. The Morgan fingerprint density at radius 1 is 1.44 bits per heavy atom. The average Bonchev–Trinajstić information content (AvgIpc) is 2.74. The Morgan fingerprint density at radius 3 is 2.81 bits per heavy atom. The number of nitrogens with one attached hydrogen (secondary N) is 1. The van der Waals surface area contributed by atoms with E-state index in [1.807, 2.05) is 23.9 Å². The van der Waals surface area contributed by atoms with Gasteiger partial charge in [-0.2, -0.15) is 0 Å². The normalized spacial score (nSPS) is 10.4. The van der Waals surface area contributed by atoms with E-state index in [-0.39, 0.29) is 0 Å². The van der Waals surface area contributed by atoms with Crippen LogP contribution in [0.1, 0.15) is 5.82 Å². The van der Waals surface area contributed by atoms with E-state index in [1.54, 1.807) is 12.3 Å². The van der Waals surface area contributed by atoms with E-state index in [4.69, 9.17) is 5.84 Å². The second kappa shape index (κ2) is 4.50. The molecule has 0 aliphatic carbocycles.